The number of aromatic nitrogens is 3. The lowest BCUT2D eigenvalue weighted by Crippen LogP contribution is -1.97. The third kappa shape index (κ3) is 1.37. The van der Waals surface area contributed by atoms with Crippen LogP contribution in [0.1, 0.15) is 19.0 Å². The molecule has 10 heavy (non-hydrogen) atoms. The van der Waals surface area contributed by atoms with Gasteiger partial charge in [-0.05, 0) is 22.4 Å². The van der Waals surface area contributed by atoms with E-state index >= 15 is 0 Å². The van der Waals surface area contributed by atoms with Crippen molar-refractivity contribution >= 4 is 15.9 Å². The summed E-state index contributed by atoms with van der Waals surface area (Å²) in [6.07, 6.45) is 2.16. The Labute approximate surface area is 68.6 Å². The molecule has 0 saturated carbocycles. The van der Waals surface area contributed by atoms with Crippen molar-refractivity contribution in [2.24, 2.45) is 7.05 Å². The molecule has 4 heteroatoms. The lowest BCUT2D eigenvalue weighted by Gasteiger charge is -1.96. The van der Waals surface area contributed by atoms with Crippen molar-refractivity contribution < 1.29 is 0 Å². The second-order valence-corrected chi connectivity index (χ2v) is 2.95. The van der Waals surface area contributed by atoms with Gasteiger partial charge in [-0.2, -0.15) is 0 Å². The van der Waals surface area contributed by atoms with E-state index in [4.69, 9.17) is 0 Å². The van der Waals surface area contributed by atoms with Crippen molar-refractivity contribution in [2.75, 3.05) is 0 Å². The van der Waals surface area contributed by atoms with E-state index in [-0.39, 0.29) is 0 Å². The Balaban J connectivity index is 2.87. The first-order valence-corrected chi connectivity index (χ1v) is 4.09. The summed E-state index contributed by atoms with van der Waals surface area (Å²) in [6, 6.07) is 0. The molecule has 0 fully saturated rings. The Bertz CT molecular complexity index is 199. The normalized spacial score (nSPS) is 10.3. The third-order valence-electron chi connectivity index (χ3n) is 1.38. The summed E-state index contributed by atoms with van der Waals surface area (Å²) in [7, 11) is 1.91. The number of nitrogens with zero attached hydrogens (tertiary/aromatic N) is 3. The first-order chi connectivity index (χ1) is 4.75. The van der Waals surface area contributed by atoms with Crippen LogP contribution in [0.15, 0.2) is 4.60 Å². The summed E-state index contributed by atoms with van der Waals surface area (Å²) in [5.41, 5.74) is 1.17. The van der Waals surface area contributed by atoms with E-state index in [1.54, 1.807) is 4.68 Å². The van der Waals surface area contributed by atoms with Gasteiger partial charge >= 0.3 is 0 Å². The summed E-state index contributed by atoms with van der Waals surface area (Å²) in [5, 5.41) is 7.72. The van der Waals surface area contributed by atoms with Gasteiger partial charge in [0.05, 0.1) is 5.69 Å². The van der Waals surface area contributed by atoms with Gasteiger partial charge in [-0.3, -0.25) is 4.68 Å². The topological polar surface area (TPSA) is 30.7 Å². The molecule has 0 aliphatic carbocycles. The van der Waals surface area contributed by atoms with E-state index in [9.17, 15) is 0 Å². The number of hydrogen-bond acceptors (Lipinski definition) is 2. The number of hydrogen-bond donors (Lipinski definition) is 0. The highest BCUT2D eigenvalue weighted by Crippen LogP contribution is 2.12. The maximum atomic E-state index is 3.86. The van der Waals surface area contributed by atoms with E-state index in [1.165, 1.54) is 5.69 Å². The molecule has 1 rings (SSSR count). The largest absolute Gasteiger partial charge is 0.251 e. The molecule has 0 bridgehead atoms. The fraction of sp³-hybridized carbons (Fsp3) is 0.667. The zero-order valence-corrected chi connectivity index (χ0v) is 7.72. The Morgan fingerprint density at radius 2 is 2.30 bits per heavy atom. The van der Waals surface area contributed by atoms with Crippen molar-refractivity contribution in [1.29, 1.82) is 0 Å². The van der Waals surface area contributed by atoms with Gasteiger partial charge in [-0.15, -0.1) is 5.10 Å². The molecule has 0 aliphatic heterocycles. The number of aryl methyl sites for hydroxylation is 1. The lowest BCUT2D eigenvalue weighted by atomic mass is 10.3. The van der Waals surface area contributed by atoms with Gasteiger partial charge in [-0.1, -0.05) is 18.6 Å². The Morgan fingerprint density at radius 1 is 1.60 bits per heavy atom. The first-order valence-electron chi connectivity index (χ1n) is 3.29. The van der Waals surface area contributed by atoms with Crippen LogP contribution in [0.25, 0.3) is 0 Å². The van der Waals surface area contributed by atoms with Crippen molar-refractivity contribution in [2.45, 2.75) is 19.8 Å². The van der Waals surface area contributed by atoms with Gasteiger partial charge in [0.15, 0.2) is 4.60 Å². The SMILES string of the molecule is CCCc1c(Br)nnn1C. The molecule has 1 aromatic heterocycles. The molecule has 1 aromatic rings. The van der Waals surface area contributed by atoms with E-state index in [0.29, 0.717) is 0 Å². The molecule has 0 aromatic carbocycles. The standard InChI is InChI=1S/C6H10BrN3/c1-3-4-5-6(7)8-9-10(5)2/h3-4H2,1-2H3. The summed E-state index contributed by atoms with van der Waals surface area (Å²) >= 11 is 3.32. The molecule has 0 N–H and O–H groups in total. The molecule has 1 heterocycles. The van der Waals surface area contributed by atoms with Crippen LogP contribution in [0, 0.1) is 0 Å². The van der Waals surface area contributed by atoms with Crippen LogP contribution >= 0.6 is 15.9 Å². The summed E-state index contributed by atoms with van der Waals surface area (Å²) < 4.78 is 2.67. The Kier molecular flexibility index (Phi) is 2.43. The number of halogens is 1. The third-order valence-corrected chi connectivity index (χ3v) is 2.00. The average molecular weight is 204 g/mol. The highest BCUT2D eigenvalue weighted by Gasteiger charge is 2.04. The van der Waals surface area contributed by atoms with Crippen molar-refractivity contribution in [3.05, 3.63) is 10.3 Å². The van der Waals surface area contributed by atoms with Crippen LogP contribution < -0.4 is 0 Å². The monoisotopic (exact) mass is 203 g/mol. The highest BCUT2D eigenvalue weighted by atomic mass is 79.9. The fourth-order valence-electron chi connectivity index (χ4n) is 0.853. The Morgan fingerprint density at radius 3 is 2.70 bits per heavy atom. The number of rotatable bonds is 2. The van der Waals surface area contributed by atoms with Crippen molar-refractivity contribution in [3.63, 3.8) is 0 Å². The molecule has 0 atom stereocenters. The lowest BCUT2D eigenvalue weighted by molar-refractivity contribution is 0.669. The van der Waals surface area contributed by atoms with Crippen LogP contribution in [0.4, 0.5) is 0 Å². The molecular weight excluding hydrogens is 194 g/mol. The highest BCUT2D eigenvalue weighted by molar-refractivity contribution is 9.10. The summed E-state index contributed by atoms with van der Waals surface area (Å²) in [6.45, 7) is 2.14. The molecule has 0 amide bonds. The van der Waals surface area contributed by atoms with Gasteiger partial charge in [-0.25, -0.2) is 0 Å². The fourth-order valence-corrected chi connectivity index (χ4v) is 1.38. The van der Waals surface area contributed by atoms with E-state index in [1.807, 2.05) is 7.05 Å². The molecular formula is C6H10BrN3. The molecule has 0 unspecified atom stereocenters. The van der Waals surface area contributed by atoms with Gasteiger partial charge in [0.2, 0.25) is 0 Å². The second kappa shape index (κ2) is 3.14. The van der Waals surface area contributed by atoms with Crippen LogP contribution in [0.2, 0.25) is 0 Å². The maximum Gasteiger partial charge on any atom is 0.151 e. The first kappa shape index (κ1) is 7.72. The predicted octanol–water partition coefficient (Wildman–Crippen LogP) is 1.53. The van der Waals surface area contributed by atoms with E-state index in [2.05, 4.69) is 33.2 Å². The van der Waals surface area contributed by atoms with Gasteiger partial charge < -0.3 is 0 Å². The second-order valence-electron chi connectivity index (χ2n) is 2.20. The van der Waals surface area contributed by atoms with Crippen LogP contribution in [-0.2, 0) is 13.5 Å². The van der Waals surface area contributed by atoms with Crippen LogP contribution in [0.3, 0.4) is 0 Å². The molecule has 0 saturated heterocycles. The quantitative estimate of drug-likeness (QED) is 0.731. The molecule has 0 radical (unpaired) electrons. The molecule has 3 nitrogen and oxygen atoms in total. The zero-order valence-electron chi connectivity index (χ0n) is 6.13. The average Bonchev–Trinajstić information content (AvgIpc) is 2.20. The molecule has 0 spiro atoms. The van der Waals surface area contributed by atoms with Crippen LogP contribution in [-0.4, -0.2) is 15.0 Å². The molecule has 56 valence electrons. The van der Waals surface area contributed by atoms with Crippen molar-refractivity contribution in [3.8, 4) is 0 Å². The minimum Gasteiger partial charge on any atom is -0.251 e. The van der Waals surface area contributed by atoms with Crippen molar-refractivity contribution in [1.82, 2.24) is 15.0 Å². The Hall–Kier alpha value is -0.380. The maximum absolute atomic E-state index is 3.86. The predicted molar refractivity (Wildman–Crippen MR) is 42.7 cm³/mol. The van der Waals surface area contributed by atoms with Gasteiger partial charge in [0.25, 0.3) is 0 Å². The summed E-state index contributed by atoms with van der Waals surface area (Å²) in [4.78, 5) is 0. The van der Waals surface area contributed by atoms with Gasteiger partial charge in [0.1, 0.15) is 0 Å². The minimum absolute atomic E-state index is 0.872. The summed E-state index contributed by atoms with van der Waals surface area (Å²) in [5.74, 6) is 0. The van der Waals surface area contributed by atoms with Gasteiger partial charge in [0, 0.05) is 7.05 Å². The molecule has 0 aliphatic rings. The minimum atomic E-state index is 0.872. The van der Waals surface area contributed by atoms with Crippen LogP contribution in [0.5, 0.6) is 0 Å². The smallest absolute Gasteiger partial charge is 0.151 e. The van der Waals surface area contributed by atoms with E-state index in [0.717, 1.165) is 17.4 Å². The zero-order chi connectivity index (χ0) is 7.56. The van der Waals surface area contributed by atoms with E-state index < -0.39 is 0 Å².